The molecule has 0 bridgehead atoms. The minimum Gasteiger partial charge on any atom is -0.480 e. The van der Waals surface area contributed by atoms with E-state index in [9.17, 15) is 13.8 Å². The predicted octanol–water partition coefficient (Wildman–Crippen LogP) is 0.148. The molecule has 2 aliphatic rings. The van der Waals surface area contributed by atoms with Crippen LogP contribution in [0.1, 0.15) is 19.8 Å². The molecule has 1 N–H and O–H groups in total. The van der Waals surface area contributed by atoms with Crippen LogP contribution < -0.4 is 0 Å². The first-order chi connectivity index (χ1) is 7.43. The van der Waals surface area contributed by atoms with Gasteiger partial charge in [0.2, 0.25) is 5.91 Å². The number of carboxylic acid groups (broad SMARTS) is 1. The van der Waals surface area contributed by atoms with Gasteiger partial charge in [0, 0.05) is 5.88 Å². The lowest BCUT2D eigenvalue weighted by molar-refractivity contribution is -0.157. The van der Waals surface area contributed by atoms with Gasteiger partial charge in [-0.15, -0.1) is 11.6 Å². The van der Waals surface area contributed by atoms with Crippen LogP contribution in [0.5, 0.6) is 0 Å². The lowest BCUT2D eigenvalue weighted by Crippen LogP contribution is -2.57. The number of fused-ring (bicyclic) bond motifs is 1. The molecule has 0 aromatic heterocycles. The van der Waals surface area contributed by atoms with Crippen molar-refractivity contribution in [3.8, 4) is 0 Å². The zero-order valence-corrected chi connectivity index (χ0v) is 10.3. The fourth-order valence-electron chi connectivity index (χ4n) is 2.41. The molecule has 4 atom stereocenters. The molecule has 2 aliphatic heterocycles. The van der Waals surface area contributed by atoms with Crippen molar-refractivity contribution in [3.63, 3.8) is 0 Å². The summed E-state index contributed by atoms with van der Waals surface area (Å²) in [6.07, 6.45) is 0.521. The Morgan fingerprint density at radius 1 is 1.75 bits per heavy atom. The number of carbonyl (C=O) groups is 2. The summed E-state index contributed by atoms with van der Waals surface area (Å²) in [5.74, 6) is -1.10. The molecule has 7 heteroatoms. The van der Waals surface area contributed by atoms with Crippen LogP contribution in [0.3, 0.4) is 0 Å². The second-order valence-electron chi connectivity index (χ2n) is 4.25. The first kappa shape index (κ1) is 11.9. The standard InChI is InChI=1S/C9H12ClNO4S/c1-9(2-3-10)7(8(13)14)11-5(12)4-6(11)16(9)15/h6-7H,2-4H2,1H3,(H,13,14)/t6-,7+,9?,16?/m1/s1. The number of hydrogen-bond acceptors (Lipinski definition) is 3. The van der Waals surface area contributed by atoms with Gasteiger partial charge in [-0.1, -0.05) is 0 Å². The SMILES string of the molecule is CC1(CCCl)[C@H](C(=O)O)N2C(=O)C[C@H]2S1=O. The van der Waals surface area contributed by atoms with Crippen molar-refractivity contribution in [2.75, 3.05) is 5.88 Å². The molecule has 0 radical (unpaired) electrons. The number of rotatable bonds is 3. The highest BCUT2D eigenvalue weighted by atomic mass is 35.5. The molecule has 0 aromatic rings. The van der Waals surface area contributed by atoms with Crippen LogP contribution in [0, 0.1) is 0 Å². The van der Waals surface area contributed by atoms with Crippen LogP contribution in [0.15, 0.2) is 0 Å². The molecule has 2 saturated heterocycles. The number of nitrogens with zero attached hydrogens (tertiary/aromatic N) is 1. The van der Waals surface area contributed by atoms with Gasteiger partial charge in [0.05, 0.1) is 22.0 Å². The Kier molecular flexibility index (Phi) is 2.74. The van der Waals surface area contributed by atoms with Crippen molar-refractivity contribution in [1.82, 2.24) is 4.90 Å². The monoisotopic (exact) mass is 265 g/mol. The molecule has 0 saturated carbocycles. The molecular weight excluding hydrogens is 254 g/mol. The van der Waals surface area contributed by atoms with Gasteiger partial charge >= 0.3 is 5.97 Å². The fourth-order valence-corrected chi connectivity index (χ4v) is 5.01. The Bertz CT molecular complexity index is 388. The third-order valence-corrected chi connectivity index (χ3v) is 5.76. The number of hydrogen-bond donors (Lipinski definition) is 1. The van der Waals surface area contributed by atoms with Crippen molar-refractivity contribution < 1.29 is 18.9 Å². The van der Waals surface area contributed by atoms with Crippen LogP contribution in [0.2, 0.25) is 0 Å². The number of alkyl halides is 1. The van der Waals surface area contributed by atoms with Gasteiger partial charge in [0.1, 0.15) is 11.4 Å². The molecule has 0 aromatic carbocycles. The van der Waals surface area contributed by atoms with E-state index in [4.69, 9.17) is 16.7 Å². The zero-order valence-electron chi connectivity index (χ0n) is 8.68. The Morgan fingerprint density at radius 3 is 2.81 bits per heavy atom. The molecule has 90 valence electrons. The summed E-state index contributed by atoms with van der Waals surface area (Å²) in [4.78, 5) is 23.8. The Morgan fingerprint density at radius 2 is 2.38 bits per heavy atom. The highest BCUT2D eigenvalue weighted by Crippen LogP contribution is 2.45. The quantitative estimate of drug-likeness (QED) is 0.582. The average Bonchev–Trinajstić information content (AvgIpc) is 2.36. The second-order valence-corrected chi connectivity index (χ2v) is 6.70. The summed E-state index contributed by atoms with van der Waals surface area (Å²) in [5, 5.41) is 8.73. The van der Waals surface area contributed by atoms with Gasteiger partial charge in [0.25, 0.3) is 0 Å². The number of carbonyl (C=O) groups excluding carboxylic acids is 1. The lowest BCUT2D eigenvalue weighted by atomic mass is 9.94. The van der Waals surface area contributed by atoms with Crippen molar-refractivity contribution in [2.24, 2.45) is 0 Å². The number of amides is 1. The number of halogens is 1. The molecule has 0 aliphatic carbocycles. The summed E-state index contributed by atoms with van der Waals surface area (Å²) in [7, 11) is -1.35. The molecular formula is C9H12ClNO4S. The smallest absolute Gasteiger partial charge is 0.328 e. The van der Waals surface area contributed by atoms with Crippen molar-refractivity contribution >= 4 is 34.3 Å². The van der Waals surface area contributed by atoms with Crippen molar-refractivity contribution in [1.29, 1.82) is 0 Å². The van der Waals surface area contributed by atoms with E-state index in [0.717, 1.165) is 0 Å². The maximum Gasteiger partial charge on any atom is 0.328 e. The van der Waals surface area contributed by atoms with Gasteiger partial charge < -0.3 is 10.0 Å². The largest absolute Gasteiger partial charge is 0.480 e. The maximum absolute atomic E-state index is 12.1. The van der Waals surface area contributed by atoms with Crippen LogP contribution in [-0.4, -0.2) is 48.1 Å². The first-order valence-corrected chi connectivity index (χ1v) is 6.69. The van der Waals surface area contributed by atoms with E-state index in [2.05, 4.69) is 0 Å². The number of β-lactam (4-membered cyclic amide) rings is 1. The van der Waals surface area contributed by atoms with Gasteiger partial charge in [-0.05, 0) is 13.3 Å². The summed E-state index contributed by atoms with van der Waals surface area (Å²) < 4.78 is 11.2. The van der Waals surface area contributed by atoms with Gasteiger partial charge in [-0.3, -0.25) is 9.00 Å². The third-order valence-electron chi connectivity index (χ3n) is 3.34. The van der Waals surface area contributed by atoms with Crippen molar-refractivity contribution in [3.05, 3.63) is 0 Å². The summed E-state index contributed by atoms with van der Waals surface area (Å²) in [6.45, 7) is 1.63. The number of aliphatic carboxylic acids is 1. The van der Waals surface area contributed by atoms with Gasteiger partial charge in [-0.25, -0.2) is 4.79 Å². The Hall–Kier alpha value is -0.620. The van der Waals surface area contributed by atoms with E-state index in [1.807, 2.05) is 0 Å². The summed E-state index contributed by atoms with van der Waals surface area (Å²) in [6, 6.07) is -1.00. The van der Waals surface area contributed by atoms with E-state index in [-0.39, 0.29) is 18.2 Å². The second kappa shape index (κ2) is 3.70. The molecule has 2 heterocycles. The Balaban J connectivity index is 2.39. The Labute approximate surface area is 100 Å². The first-order valence-electron chi connectivity index (χ1n) is 4.94. The lowest BCUT2D eigenvalue weighted by Gasteiger charge is -2.36. The third kappa shape index (κ3) is 1.32. The molecule has 1 amide bonds. The molecule has 16 heavy (non-hydrogen) atoms. The highest BCUT2D eigenvalue weighted by molar-refractivity contribution is 7.87. The zero-order chi connectivity index (χ0) is 12.1. The van der Waals surface area contributed by atoms with Crippen LogP contribution in [-0.2, 0) is 20.4 Å². The van der Waals surface area contributed by atoms with E-state index >= 15 is 0 Å². The summed E-state index contributed by atoms with van der Waals surface area (Å²) >= 11 is 5.63. The minimum absolute atomic E-state index is 0.189. The number of carboxylic acids is 1. The van der Waals surface area contributed by atoms with Gasteiger partial charge in [-0.2, -0.15) is 0 Å². The minimum atomic E-state index is -1.35. The molecule has 2 fully saturated rings. The average molecular weight is 266 g/mol. The van der Waals surface area contributed by atoms with Crippen LogP contribution in [0.25, 0.3) is 0 Å². The van der Waals surface area contributed by atoms with Gasteiger partial charge in [0.15, 0.2) is 0 Å². The predicted molar refractivity (Wildman–Crippen MR) is 58.6 cm³/mol. The maximum atomic E-state index is 12.1. The topological polar surface area (TPSA) is 74.7 Å². The van der Waals surface area contributed by atoms with E-state index < -0.39 is 32.9 Å². The highest BCUT2D eigenvalue weighted by Gasteiger charge is 2.64. The van der Waals surface area contributed by atoms with E-state index in [0.29, 0.717) is 6.42 Å². The normalized spacial score (nSPS) is 41.8. The van der Waals surface area contributed by atoms with Crippen LogP contribution in [0.4, 0.5) is 0 Å². The fraction of sp³-hybridized carbons (Fsp3) is 0.778. The molecule has 5 nitrogen and oxygen atoms in total. The van der Waals surface area contributed by atoms with Crippen LogP contribution >= 0.6 is 11.6 Å². The van der Waals surface area contributed by atoms with Crippen molar-refractivity contribution in [2.45, 2.75) is 35.9 Å². The van der Waals surface area contributed by atoms with E-state index in [1.165, 1.54) is 4.90 Å². The molecule has 2 rings (SSSR count). The van der Waals surface area contributed by atoms with E-state index in [1.54, 1.807) is 6.92 Å². The molecule has 0 spiro atoms. The summed E-state index contributed by atoms with van der Waals surface area (Å²) in [5.41, 5.74) is 0. The molecule has 2 unspecified atom stereocenters.